The summed E-state index contributed by atoms with van der Waals surface area (Å²) in [7, 11) is 0. The van der Waals surface area contributed by atoms with E-state index in [9.17, 15) is 0 Å². The molecule has 0 radical (unpaired) electrons. The molecule has 1 aliphatic rings. The Kier molecular flexibility index (Phi) is 3.43. The van der Waals surface area contributed by atoms with E-state index in [-0.39, 0.29) is 6.10 Å². The van der Waals surface area contributed by atoms with Crippen molar-refractivity contribution in [1.29, 1.82) is 0 Å². The van der Waals surface area contributed by atoms with E-state index in [2.05, 4.69) is 15.1 Å². The van der Waals surface area contributed by atoms with E-state index in [0.717, 1.165) is 22.3 Å². The summed E-state index contributed by atoms with van der Waals surface area (Å²) < 4.78 is 13.1. The summed E-state index contributed by atoms with van der Waals surface area (Å²) in [5.74, 6) is 0.944. The van der Waals surface area contributed by atoms with Crippen LogP contribution < -0.4 is 0 Å². The quantitative estimate of drug-likeness (QED) is 0.807. The van der Waals surface area contributed by atoms with Gasteiger partial charge in [0.15, 0.2) is 5.79 Å². The average molecular weight is 294 g/mol. The molecule has 0 bridgehead atoms. The second kappa shape index (κ2) is 4.98. The lowest BCUT2D eigenvalue weighted by molar-refractivity contribution is -0.135. The fourth-order valence-corrected chi connectivity index (χ4v) is 3.01. The molecule has 1 saturated heterocycles. The van der Waals surface area contributed by atoms with E-state index >= 15 is 0 Å². The smallest absolute Gasteiger partial charge is 0.253 e. The Morgan fingerprint density at radius 3 is 2.90 bits per heavy atom. The minimum absolute atomic E-state index is 0.0809. The predicted octanol–water partition coefficient (Wildman–Crippen LogP) is 1.98. The summed E-state index contributed by atoms with van der Waals surface area (Å²) in [5, 5.41) is 5.18. The molecule has 1 aliphatic heterocycles. The number of hydrogen-bond acceptors (Lipinski definition) is 6. The molecule has 1 atom stereocenters. The minimum atomic E-state index is -0.479. The third-order valence-corrected chi connectivity index (χ3v) is 4.03. The molecule has 6 nitrogen and oxygen atoms in total. The van der Waals surface area contributed by atoms with Crippen LogP contribution in [0.3, 0.4) is 0 Å². The van der Waals surface area contributed by atoms with E-state index < -0.39 is 5.79 Å². The van der Waals surface area contributed by atoms with Gasteiger partial charge in [0, 0.05) is 17.1 Å². The van der Waals surface area contributed by atoms with Gasteiger partial charge in [-0.3, -0.25) is 0 Å². The number of aryl methyl sites for hydroxylation is 2. The highest BCUT2D eigenvalue weighted by Crippen LogP contribution is 2.26. The number of nitrogens with zero attached hydrogens (tertiary/aromatic N) is 4. The van der Waals surface area contributed by atoms with Gasteiger partial charge in [0.05, 0.1) is 12.7 Å². The third kappa shape index (κ3) is 2.79. The zero-order valence-electron chi connectivity index (χ0n) is 12.1. The Morgan fingerprint density at radius 1 is 1.40 bits per heavy atom. The van der Waals surface area contributed by atoms with Crippen molar-refractivity contribution in [3.63, 3.8) is 0 Å². The van der Waals surface area contributed by atoms with Crippen LogP contribution in [0, 0.1) is 13.8 Å². The van der Waals surface area contributed by atoms with Crippen LogP contribution in [-0.2, 0) is 9.47 Å². The van der Waals surface area contributed by atoms with Crippen LogP contribution in [-0.4, -0.2) is 43.8 Å². The molecule has 0 aromatic carbocycles. The number of aromatic nitrogens is 4. The number of rotatable bonds is 3. The second-order valence-electron chi connectivity index (χ2n) is 5.41. The molecule has 0 N–H and O–H groups in total. The van der Waals surface area contributed by atoms with Gasteiger partial charge in [-0.15, -0.1) is 5.10 Å². The number of fused-ring (bicyclic) bond motifs is 1. The van der Waals surface area contributed by atoms with Gasteiger partial charge >= 0.3 is 0 Å². The van der Waals surface area contributed by atoms with Crippen molar-refractivity contribution in [2.24, 2.45) is 0 Å². The van der Waals surface area contributed by atoms with E-state index in [4.69, 9.17) is 9.47 Å². The molecule has 2 aromatic rings. The molecule has 0 amide bonds. The van der Waals surface area contributed by atoms with E-state index in [1.54, 1.807) is 16.3 Å². The molecule has 0 saturated carbocycles. The SMILES string of the molecule is Cc1cc(C)n2nc(SCC3COC(C)(C)O3)nc2n1. The highest BCUT2D eigenvalue weighted by molar-refractivity contribution is 7.99. The van der Waals surface area contributed by atoms with E-state index in [0.29, 0.717) is 12.4 Å². The Hall–Kier alpha value is -1.18. The van der Waals surface area contributed by atoms with E-state index in [1.807, 2.05) is 33.8 Å². The second-order valence-corrected chi connectivity index (χ2v) is 6.39. The number of hydrogen-bond donors (Lipinski definition) is 0. The van der Waals surface area contributed by atoms with Crippen molar-refractivity contribution in [1.82, 2.24) is 19.6 Å². The van der Waals surface area contributed by atoms with Crippen LogP contribution >= 0.6 is 11.8 Å². The Bertz CT molecular complexity index is 641. The molecule has 7 heteroatoms. The van der Waals surface area contributed by atoms with Crippen LogP contribution in [0.25, 0.3) is 5.78 Å². The van der Waals surface area contributed by atoms with Crippen molar-refractivity contribution < 1.29 is 9.47 Å². The lowest BCUT2D eigenvalue weighted by atomic mass is 10.4. The largest absolute Gasteiger partial charge is 0.348 e. The molecule has 0 aliphatic carbocycles. The monoisotopic (exact) mass is 294 g/mol. The van der Waals surface area contributed by atoms with Gasteiger partial charge in [0.25, 0.3) is 5.78 Å². The average Bonchev–Trinajstić information content (AvgIpc) is 2.90. The third-order valence-electron chi connectivity index (χ3n) is 3.06. The molecule has 1 fully saturated rings. The first kappa shape index (κ1) is 13.8. The van der Waals surface area contributed by atoms with Crippen LogP contribution in [0.2, 0.25) is 0 Å². The summed E-state index contributed by atoms with van der Waals surface area (Å²) in [4.78, 5) is 8.82. The van der Waals surface area contributed by atoms with Crippen LogP contribution in [0.4, 0.5) is 0 Å². The van der Waals surface area contributed by atoms with Crippen LogP contribution in [0.15, 0.2) is 11.2 Å². The molecule has 3 heterocycles. The van der Waals surface area contributed by atoms with Crippen molar-refractivity contribution in [3.8, 4) is 0 Å². The maximum Gasteiger partial charge on any atom is 0.253 e. The van der Waals surface area contributed by atoms with Gasteiger partial charge in [-0.2, -0.15) is 4.98 Å². The lowest BCUT2D eigenvalue weighted by Crippen LogP contribution is -2.22. The Morgan fingerprint density at radius 2 is 2.20 bits per heavy atom. The first-order valence-electron chi connectivity index (χ1n) is 6.58. The number of ether oxygens (including phenoxy) is 2. The maximum absolute atomic E-state index is 5.77. The molecule has 20 heavy (non-hydrogen) atoms. The van der Waals surface area contributed by atoms with Crippen molar-refractivity contribution in [3.05, 3.63) is 17.5 Å². The van der Waals surface area contributed by atoms with Gasteiger partial charge in [0.2, 0.25) is 5.16 Å². The summed E-state index contributed by atoms with van der Waals surface area (Å²) in [6.45, 7) is 8.43. The predicted molar refractivity (Wildman–Crippen MR) is 75.9 cm³/mol. The standard InChI is InChI=1S/C13H18N4O2S/c1-8-5-9(2)17-11(14-8)15-12(16-17)20-7-10-6-18-13(3,4)19-10/h5,10H,6-7H2,1-4H3. The zero-order valence-corrected chi connectivity index (χ0v) is 12.9. The van der Waals surface area contributed by atoms with Gasteiger partial charge in [-0.25, -0.2) is 9.50 Å². The van der Waals surface area contributed by atoms with Gasteiger partial charge in [-0.1, -0.05) is 11.8 Å². The highest BCUT2D eigenvalue weighted by Gasteiger charge is 2.32. The van der Waals surface area contributed by atoms with E-state index in [1.165, 1.54) is 0 Å². The Balaban J connectivity index is 1.71. The minimum Gasteiger partial charge on any atom is -0.348 e. The number of thioether (sulfide) groups is 1. The van der Waals surface area contributed by atoms with Crippen molar-refractivity contribution >= 4 is 17.5 Å². The molecular formula is C13H18N4O2S. The summed E-state index contributed by atoms with van der Waals surface area (Å²) in [5.41, 5.74) is 1.99. The lowest BCUT2D eigenvalue weighted by Gasteiger charge is -2.16. The first-order valence-corrected chi connectivity index (χ1v) is 7.57. The molecule has 108 valence electrons. The van der Waals surface area contributed by atoms with Gasteiger partial charge in [-0.05, 0) is 33.8 Å². The fourth-order valence-electron chi connectivity index (χ4n) is 2.22. The molecule has 0 spiro atoms. The molecule has 3 rings (SSSR count). The highest BCUT2D eigenvalue weighted by atomic mass is 32.2. The normalized spacial score (nSPS) is 21.7. The first-order chi connectivity index (χ1) is 9.43. The molecule has 2 aromatic heterocycles. The molecule has 1 unspecified atom stereocenters. The zero-order chi connectivity index (χ0) is 14.3. The van der Waals surface area contributed by atoms with Gasteiger partial charge in [0.1, 0.15) is 0 Å². The van der Waals surface area contributed by atoms with Crippen molar-refractivity contribution in [2.45, 2.75) is 44.7 Å². The maximum atomic E-state index is 5.77. The molecular weight excluding hydrogens is 276 g/mol. The Labute approximate surface area is 121 Å². The van der Waals surface area contributed by atoms with Crippen LogP contribution in [0.1, 0.15) is 25.2 Å². The fraction of sp³-hybridized carbons (Fsp3) is 0.615. The van der Waals surface area contributed by atoms with Crippen molar-refractivity contribution in [2.75, 3.05) is 12.4 Å². The summed E-state index contributed by atoms with van der Waals surface area (Å²) in [6.07, 6.45) is 0.0809. The van der Waals surface area contributed by atoms with Gasteiger partial charge < -0.3 is 9.47 Å². The topological polar surface area (TPSA) is 61.5 Å². The van der Waals surface area contributed by atoms with Crippen LogP contribution in [0.5, 0.6) is 0 Å². The summed E-state index contributed by atoms with van der Waals surface area (Å²) in [6, 6.07) is 1.99. The summed E-state index contributed by atoms with van der Waals surface area (Å²) >= 11 is 1.57.